The summed E-state index contributed by atoms with van der Waals surface area (Å²) < 4.78 is 1.88. The monoisotopic (exact) mass is 435 g/mol. The Morgan fingerprint density at radius 3 is 2.48 bits per heavy atom. The highest BCUT2D eigenvalue weighted by atomic mass is 35.5. The first-order chi connectivity index (χ1) is 15.1. The number of benzene rings is 1. The van der Waals surface area contributed by atoms with Crippen LogP contribution in [0.15, 0.2) is 42.6 Å². The summed E-state index contributed by atoms with van der Waals surface area (Å²) >= 11 is 6.10. The van der Waals surface area contributed by atoms with Crippen LogP contribution in [-0.4, -0.2) is 28.3 Å². The summed E-state index contributed by atoms with van der Waals surface area (Å²) in [6, 6.07) is 12.5. The molecule has 2 fully saturated rings. The third-order valence-electron chi connectivity index (χ3n) is 7.18. The van der Waals surface area contributed by atoms with Gasteiger partial charge < -0.3 is 4.90 Å². The van der Waals surface area contributed by atoms with Gasteiger partial charge >= 0.3 is 0 Å². The SMILES string of the molecule is CCc1nc2cc(Cl)ccn2c1C(=O)CCc1ccc(N2CC3CCCCC3C2)cc1. The highest BCUT2D eigenvalue weighted by molar-refractivity contribution is 6.30. The van der Waals surface area contributed by atoms with Crippen LogP contribution in [0.1, 0.15) is 60.8 Å². The molecule has 2 aliphatic rings. The summed E-state index contributed by atoms with van der Waals surface area (Å²) in [7, 11) is 0. The average Bonchev–Trinajstić information content (AvgIpc) is 3.38. The second-order valence-corrected chi connectivity index (χ2v) is 9.57. The minimum absolute atomic E-state index is 0.138. The van der Waals surface area contributed by atoms with Gasteiger partial charge in [0.05, 0.1) is 5.69 Å². The van der Waals surface area contributed by atoms with Crippen LogP contribution in [0.2, 0.25) is 5.02 Å². The molecule has 3 heterocycles. The van der Waals surface area contributed by atoms with Crippen molar-refractivity contribution in [3.05, 3.63) is 64.6 Å². The van der Waals surface area contributed by atoms with E-state index < -0.39 is 0 Å². The fourth-order valence-electron chi connectivity index (χ4n) is 5.48. The topological polar surface area (TPSA) is 37.6 Å². The minimum Gasteiger partial charge on any atom is -0.371 e. The number of anilines is 1. The maximum atomic E-state index is 13.1. The Hall–Kier alpha value is -2.33. The van der Waals surface area contributed by atoms with Crippen LogP contribution < -0.4 is 4.90 Å². The Labute approximate surface area is 189 Å². The molecule has 1 aromatic carbocycles. The zero-order valence-corrected chi connectivity index (χ0v) is 18.9. The molecule has 5 heteroatoms. The largest absolute Gasteiger partial charge is 0.371 e. The summed E-state index contributed by atoms with van der Waals surface area (Å²) in [5.74, 6) is 1.91. The Bertz CT molecular complexity index is 1070. The number of nitrogens with zero attached hydrogens (tertiary/aromatic N) is 3. The standard InChI is InChI=1S/C26H30ClN3O/c1-2-23-26(30-14-13-21(27)15-25(30)28-23)24(31)12-9-18-7-10-22(11-8-18)29-16-19-5-3-4-6-20(19)17-29/h7-8,10-11,13-15,19-20H,2-6,9,12,16-17H2,1H3. The van der Waals surface area contributed by atoms with Gasteiger partial charge in [-0.3, -0.25) is 9.20 Å². The van der Waals surface area contributed by atoms with Gasteiger partial charge in [0.1, 0.15) is 11.3 Å². The lowest BCUT2D eigenvalue weighted by Crippen LogP contribution is -2.19. The normalized spacial score (nSPS) is 20.9. The Morgan fingerprint density at radius 1 is 1.10 bits per heavy atom. The van der Waals surface area contributed by atoms with Crippen LogP contribution in [0.4, 0.5) is 5.69 Å². The predicted octanol–water partition coefficient (Wildman–Crippen LogP) is 5.99. The molecular weight excluding hydrogens is 406 g/mol. The maximum absolute atomic E-state index is 13.1. The lowest BCUT2D eigenvalue weighted by molar-refractivity contribution is 0.0976. The third kappa shape index (κ3) is 4.10. The quantitative estimate of drug-likeness (QED) is 0.446. The van der Waals surface area contributed by atoms with E-state index in [1.165, 1.54) is 50.0 Å². The number of aryl methyl sites for hydroxylation is 2. The Morgan fingerprint density at radius 2 is 1.81 bits per heavy atom. The second kappa shape index (κ2) is 8.66. The van der Waals surface area contributed by atoms with Crippen molar-refractivity contribution in [3.63, 3.8) is 0 Å². The van der Waals surface area contributed by atoms with Crippen LogP contribution in [0.25, 0.3) is 5.65 Å². The van der Waals surface area contributed by atoms with Crippen molar-refractivity contribution < 1.29 is 4.79 Å². The molecule has 4 nitrogen and oxygen atoms in total. The van der Waals surface area contributed by atoms with Crippen molar-refractivity contribution in [1.82, 2.24) is 9.38 Å². The van der Waals surface area contributed by atoms with E-state index in [0.717, 1.165) is 36.0 Å². The number of carbonyl (C=O) groups excluding carboxylic acids is 1. The van der Waals surface area contributed by atoms with E-state index in [0.29, 0.717) is 17.1 Å². The van der Waals surface area contributed by atoms with Gasteiger partial charge in [-0.05, 0) is 61.3 Å². The first-order valence-electron chi connectivity index (χ1n) is 11.7. The molecule has 0 N–H and O–H groups in total. The van der Waals surface area contributed by atoms with Crippen LogP contribution in [0, 0.1) is 11.8 Å². The van der Waals surface area contributed by atoms with Gasteiger partial charge in [0.25, 0.3) is 0 Å². The molecule has 1 aliphatic heterocycles. The van der Waals surface area contributed by atoms with E-state index in [-0.39, 0.29) is 5.78 Å². The molecular formula is C26H30ClN3O. The van der Waals surface area contributed by atoms with E-state index in [1.54, 1.807) is 6.07 Å². The maximum Gasteiger partial charge on any atom is 0.181 e. The lowest BCUT2D eigenvalue weighted by Gasteiger charge is -2.22. The van der Waals surface area contributed by atoms with Crippen molar-refractivity contribution >= 4 is 28.7 Å². The number of rotatable bonds is 6. The number of fused-ring (bicyclic) bond motifs is 2. The number of imidazole rings is 1. The van der Waals surface area contributed by atoms with Gasteiger partial charge in [-0.25, -0.2) is 4.98 Å². The molecule has 31 heavy (non-hydrogen) atoms. The fraction of sp³-hybridized carbons (Fsp3) is 0.462. The number of pyridine rings is 1. The number of carbonyl (C=O) groups is 1. The third-order valence-corrected chi connectivity index (χ3v) is 7.41. The van der Waals surface area contributed by atoms with Crippen molar-refractivity contribution in [2.24, 2.45) is 11.8 Å². The minimum atomic E-state index is 0.138. The smallest absolute Gasteiger partial charge is 0.181 e. The summed E-state index contributed by atoms with van der Waals surface area (Å²) in [6.45, 7) is 4.45. The molecule has 162 valence electrons. The van der Waals surface area contributed by atoms with Crippen molar-refractivity contribution in [1.29, 1.82) is 0 Å². The highest BCUT2D eigenvalue weighted by Crippen LogP contribution is 2.38. The summed E-state index contributed by atoms with van der Waals surface area (Å²) in [5, 5.41) is 0.636. The summed E-state index contributed by atoms with van der Waals surface area (Å²) in [5.41, 5.74) is 4.83. The van der Waals surface area contributed by atoms with Gasteiger partial charge in [0.15, 0.2) is 5.78 Å². The van der Waals surface area contributed by atoms with E-state index in [9.17, 15) is 4.79 Å². The van der Waals surface area contributed by atoms with Crippen molar-refractivity contribution in [2.45, 2.75) is 51.9 Å². The van der Waals surface area contributed by atoms with Gasteiger partial charge in [-0.2, -0.15) is 0 Å². The highest BCUT2D eigenvalue weighted by Gasteiger charge is 2.34. The van der Waals surface area contributed by atoms with Crippen LogP contribution >= 0.6 is 11.6 Å². The van der Waals surface area contributed by atoms with Crippen molar-refractivity contribution in [2.75, 3.05) is 18.0 Å². The van der Waals surface area contributed by atoms with E-state index in [1.807, 2.05) is 23.6 Å². The van der Waals surface area contributed by atoms with E-state index in [2.05, 4.69) is 34.1 Å². The number of hydrogen-bond donors (Lipinski definition) is 0. The summed E-state index contributed by atoms with van der Waals surface area (Å²) in [4.78, 5) is 20.2. The Balaban J connectivity index is 1.25. The number of aromatic nitrogens is 2. The van der Waals surface area contributed by atoms with Crippen LogP contribution in [-0.2, 0) is 12.8 Å². The molecule has 5 rings (SSSR count). The predicted molar refractivity (Wildman–Crippen MR) is 126 cm³/mol. The van der Waals surface area contributed by atoms with E-state index in [4.69, 9.17) is 11.6 Å². The second-order valence-electron chi connectivity index (χ2n) is 9.13. The van der Waals surface area contributed by atoms with Gasteiger partial charge in [-0.15, -0.1) is 0 Å². The molecule has 1 saturated carbocycles. The molecule has 0 radical (unpaired) electrons. The average molecular weight is 436 g/mol. The van der Waals surface area contributed by atoms with Crippen LogP contribution in [0.5, 0.6) is 0 Å². The van der Waals surface area contributed by atoms with Gasteiger partial charge in [0.2, 0.25) is 0 Å². The fourth-order valence-corrected chi connectivity index (χ4v) is 5.63. The number of Topliss-reactive ketones (excluding diaryl/α,β-unsaturated/α-hetero) is 1. The molecule has 0 amide bonds. The molecule has 3 aromatic rings. The lowest BCUT2D eigenvalue weighted by atomic mass is 9.82. The van der Waals surface area contributed by atoms with Gasteiger partial charge in [-0.1, -0.05) is 43.5 Å². The summed E-state index contributed by atoms with van der Waals surface area (Å²) in [6.07, 6.45) is 9.41. The Kier molecular flexibility index (Phi) is 5.75. The molecule has 2 unspecified atom stereocenters. The molecule has 2 aromatic heterocycles. The van der Waals surface area contributed by atoms with E-state index >= 15 is 0 Å². The number of ketones is 1. The number of hydrogen-bond acceptors (Lipinski definition) is 3. The van der Waals surface area contributed by atoms with Crippen LogP contribution in [0.3, 0.4) is 0 Å². The van der Waals surface area contributed by atoms with Crippen molar-refractivity contribution in [3.8, 4) is 0 Å². The number of halogens is 1. The molecule has 0 bridgehead atoms. The molecule has 2 atom stereocenters. The molecule has 1 aliphatic carbocycles. The zero-order valence-electron chi connectivity index (χ0n) is 18.2. The first-order valence-corrected chi connectivity index (χ1v) is 12.0. The molecule has 1 saturated heterocycles. The first kappa shape index (κ1) is 20.6. The van der Waals surface area contributed by atoms with Gasteiger partial charge in [0, 0.05) is 42.5 Å². The zero-order chi connectivity index (χ0) is 21.4. The molecule has 0 spiro atoms.